The molecule has 0 radical (unpaired) electrons. The van der Waals surface area contributed by atoms with Gasteiger partial charge >= 0.3 is 0 Å². The van der Waals surface area contributed by atoms with E-state index in [0.717, 1.165) is 18.4 Å². The van der Waals surface area contributed by atoms with E-state index < -0.39 is 0 Å². The van der Waals surface area contributed by atoms with E-state index in [4.69, 9.17) is 5.73 Å². The molecular weight excluding hydrogens is 208 g/mol. The van der Waals surface area contributed by atoms with Crippen LogP contribution in [0.1, 0.15) is 22.7 Å². The molecular formula is C15H16N2. The van der Waals surface area contributed by atoms with Gasteiger partial charge < -0.3 is 5.73 Å². The highest BCUT2D eigenvalue weighted by Gasteiger charge is 2.27. The molecule has 0 saturated heterocycles. The zero-order valence-electron chi connectivity index (χ0n) is 9.71. The van der Waals surface area contributed by atoms with Crippen molar-refractivity contribution in [3.63, 3.8) is 0 Å². The fourth-order valence-corrected chi connectivity index (χ4v) is 2.69. The lowest BCUT2D eigenvalue weighted by Gasteiger charge is -2.18. The van der Waals surface area contributed by atoms with E-state index in [1.54, 1.807) is 6.20 Å². The van der Waals surface area contributed by atoms with Crippen molar-refractivity contribution in [1.82, 2.24) is 4.98 Å². The number of nitrogens with zero attached hydrogens (tertiary/aromatic N) is 1. The molecule has 0 spiro atoms. The lowest BCUT2D eigenvalue weighted by molar-refractivity contribution is 0.453. The summed E-state index contributed by atoms with van der Waals surface area (Å²) in [6.07, 6.45) is 5.85. The van der Waals surface area contributed by atoms with Crippen molar-refractivity contribution in [2.45, 2.75) is 18.9 Å². The van der Waals surface area contributed by atoms with E-state index in [9.17, 15) is 0 Å². The predicted octanol–water partition coefficient (Wildman–Crippen LogP) is 2.50. The lowest BCUT2D eigenvalue weighted by atomic mass is 9.92. The monoisotopic (exact) mass is 224 g/mol. The third-order valence-electron chi connectivity index (χ3n) is 3.66. The molecule has 0 amide bonds. The summed E-state index contributed by atoms with van der Waals surface area (Å²) in [5, 5.41) is 0. The van der Waals surface area contributed by atoms with E-state index in [0.29, 0.717) is 5.92 Å². The molecule has 1 aliphatic rings. The van der Waals surface area contributed by atoms with Crippen LogP contribution >= 0.6 is 0 Å². The zero-order valence-corrected chi connectivity index (χ0v) is 9.71. The summed E-state index contributed by atoms with van der Waals surface area (Å²) >= 11 is 0. The van der Waals surface area contributed by atoms with Crippen molar-refractivity contribution < 1.29 is 0 Å². The van der Waals surface area contributed by atoms with Crippen molar-refractivity contribution in [2.75, 3.05) is 0 Å². The Kier molecular flexibility index (Phi) is 2.65. The Hall–Kier alpha value is -1.67. The number of rotatable bonds is 2. The first kappa shape index (κ1) is 10.5. The number of pyridine rings is 1. The summed E-state index contributed by atoms with van der Waals surface area (Å²) in [5.41, 5.74) is 10.4. The first-order valence-corrected chi connectivity index (χ1v) is 6.07. The van der Waals surface area contributed by atoms with Crippen molar-refractivity contribution in [1.29, 1.82) is 0 Å². The number of aromatic nitrogens is 1. The highest BCUT2D eigenvalue weighted by molar-refractivity contribution is 5.33. The third-order valence-corrected chi connectivity index (χ3v) is 3.66. The standard InChI is InChI=1S/C15H16N2/c16-15(13-6-3-7-17-10-13)14-8-11-4-1-2-5-12(11)9-14/h1-7,10,14-15H,8-9,16H2. The Morgan fingerprint density at radius 1 is 1.06 bits per heavy atom. The maximum absolute atomic E-state index is 6.34. The Labute approximate surface area is 102 Å². The molecule has 2 heteroatoms. The van der Waals surface area contributed by atoms with Gasteiger partial charge in [0, 0.05) is 18.4 Å². The molecule has 1 aromatic carbocycles. The van der Waals surface area contributed by atoms with Gasteiger partial charge in [0.2, 0.25) is 0 Å². The molecule has 2 aromatic rings. The minimum absolute atomic E-state index is 0.0936. The van der Waals surface area contributed by atoms with Crippen LogP contribution in [0, 0.1) is 5.92 Å². The Morgan fingerprint density at radius 3 is 2.35 bits per heavy atom. The van der Waals surface area contributed by atoms with E-state index in [-0.39, 0.29) is 6.04 Å². The third kappa shape index (κ3) is 1.96. The first-order valence-electron chi connectivity index (χ1n) is 6.07. The number of benzene rings is 1. The number of fused-ring (bicyclic) bond motifs is 1. The molecule has 0 bridgehead atoms. The zero-order chi connectivity index (χ0) is 11.7. The van der Waals surface area contributed by atoms with Crippen LogP contribution < -0.4 is 5.73 Å². The van der Waals surface area contributed by atoms with E-state index in [2.05, 4.69) is 35.3 Å². The van der Waals surface area contributed by atoms with Gasteiger partial charge in [-0.2, -0.15) is 0 Å². The SMILES string of the molecule is NC(c1cccnc1)C1Cc2ccccc2C1. The van der Waals surface area contributed by atoms with E-state index in [1.807, 2.05) is 12.3 Å². The molecule has 0 fully saturated rings. The summed E-state index contributed by atoms with van der Waals surface area (Å²) < 4.78 is 0. The topological polar surface area (TPSA) is 38.9 Å². The Balaban J connectivity index is 1.81. The molecule has 3 rings (SSSR count). The van der Waals surface area contributed by atoms with Crippen LogP contribution in [0.15, 0.2) is 48.8 Å². The van der Waals surface area contributed by atoms with Crippen molar-refractivity contribution in [3.05, 3.63) is 65.5 Å². The Morgan fingerprint density at radius 2 is 1.76 bits per heavy atom. The van der Waals surface area contributed by atoms with Gasteiger partial charge in [0.05, 0.1) is 0 Å². The second-order valence-electron chi connectivity index (χ2n) is 4.75. The minimum Gasteiger partial charge on any atom is -0.324 e. The fourth-order valence-electron chi connectivity index (χ4n) is 2.69. The van der Waals surface area contributed by atoms with Gasteiger partial charge in [0.15, 0.2) is 0 Å². The second kappa shape index (κ2) is 4.30. The van der Waals surface area contributed by atoms with Crippen molar-refractivity contribution in [3.8, 4) is 0 Å². The van der Waals surface area contributed by atoms with Gasteiger partial charge in [0.25, 0.3) is 0 Å². The summed E-state index contributed by atoms with van der Waals surface area (Å²) in [4.78, 5) is 4.15. The van der Waals surface area contributed by atoms with Crippen molar-refractivity contribution in [2.24, 2.45) is 11.7 Å². The lowest BCUT2D eigenvalue weighted by Crippen LogP contribution is -2.21. The summed E-state index contributed by atoms with van der Waals surface area (Å²) in [5.74, 6) is 0.511. The molecule has 2 nitrogen and oxygen atoms in total. The molecule has 2 N–H and O–H groups in total. The molecule has 1 heterocycles. The Bertz CT molecular complexity index is 482. The average molecular weight is 224 g/mol. The highest BCUT2D eigenvalue weighted by Crippen LogP contribution is 2.33. The number of nitrogens with two attached hydrogens (primary N) is 1. The summed E-state index contributed by atoms with van der Waals surface area (Å²) in [6, 6.07) is 12.8. The maximum Gasteiger partial charge on any atom is 0.0345 e. The average Bonchev–Trinajstić information content (AvgIpc) is 2.82. The van der Waals surface area contributed by atoms with Crippen LogP contribution in [-0.4, -0.2) is 4.98 Å². The van der Waals surface area contributed by atoms with Gasteiger partial charge in [-0.05, 0) is 41.5 Å². The van der Waals surface area contributed by atoms with Gasteiger partial charge in [-0.25, -0.2) is 0 Å². The molecule has 1 aromatic heterocycles. The molecule has 17 heavy (non-hydrogen) atoms. The van der Waals surface area contributed by atoms with Gasteiger partial charge in [-0.15, -0.1) is 0 Å². The van der Waals surface area contributed by atoms with E-state index in [1.165, 1.54) is 11.1 Å². The molecule has 1 unspecified atom stereocenters. The largest absolute Gasteiger partial charge is 0.324 e. The minimum atomic E-state index is 0.0936. The second-order valence-corrected chi connectivity index (χ2v) is 4.75. The van der Waals surface area contributed by atoms with Crippen molar-refractivity contribution >= 4 is 0 Å². The van der Waals surface area contributed by atoms with E-state index >= 15 is 0 Å². The molecule has 1 atom stereocenters. The van der Waals surface area contributed by atoms with Crippen LogP contribution in [0.2, 0.25) is 0 Å². The smallest absolute Gasteiger partial charge is 0.0345 e. The number of hydrogen-bond acceptors (Lipinski definition) is 2. The molecule has 86 valence electrons. The predicted molar refractivity (Wildman–Crippen MR) is 68.5 cm³/mol. The van der Waals surface area contributed by atoms with Gasteiger partial charge in [-0.1, -0.05) is 30.3 Å². The maximum atomic E-state index is 6.34. The van der Waals surface area contributed by atoms with Gasteiger partial charge in [0.1, 0.15) is 0 Å². The van der Waals surface area contributed by atoms with Crippen LogP contribution in [0.25, 0.3) is 0 Å². The highest BCUT2D eigenvalue weighted by atomic mass is 14.7. The van der Waals surface area contributed by atoms with Crippen LogP contribution in [-0.2, 0) is 12.8 Å². The van der Waals surface area contributed by atoms with Crippen LogP contribution in [0.4, 0.5) is 0 Å². The molecule has 0 saturated carbocycles. The van der Waals surface area contributed by atoms with Gasteiger partial charge in [-0.3, -0.25) is 4.98 Å². The normalized spacial score (nSPS) is 16.8. The fraction of sp³-hybridized carbons (Fsp3) is 0.267. The molecule has 1 aliphatic carbocycles. The summed E-state index contributed by atoms with van der Waals surface area (Å²) in [6.45, 7) is 0. The molecule has 0 aliphatic heterocycles. The quantitative estimate of drug-likeness (QED) is 0.851. The summed E-state index contributed by atoms with van der Waals surface area (Å²) in [7, 11) is 0. The van der Waals surface area contributed by atoms with Crippen LogP contribution in [0.5, 0.6) is 0 Å². The number of hydrogen-bond donors (Lipinski definition) is 1. The first-order chi connectivity index (χ1) is 8.34. The van der Waals surface area contributed by atoms with Crippen LogP contribution in [0.3, 0.4) is 0 Å².